The second-order valence-electron chi connectivity index (χ2n) is 6.44. The summed E-state index contributed by atoms with van der Waals surface area (Å²) >= 11 is 6.04. The lowest BCUT2D eigenvalue weighted by Gasteiger charge is -2.31. The molecule has 2 unspecified atom stereocenters. The van der Waals surface area contributed by atoms with E-state index in [-0.39, 0.29) is 0 Å². The van der Waals surface area contributed by atoms with Gasteiger partial charge in [0.2, 0.25) is 6.10 Å². The minimum absolute atomic E-state index is 0.421. The lowest BCUT2D eigenvalue weighted by Crippen LogP contribution is -2.39. The number of hydrogen-bond acceptors (Lipinski definition) is 4. The lowest BCUT2D eigenvalue weighted by molar-refractivity contribution is -0.151. The number of fused-ring (bicyclic) bond motifs is 1. The van der Waals surface area contributed by atoms with Crippen molar-refractivity contribution < 1.29 is 24.1 Å². The second-order valence-corrected chi connectivity index (χ2v) is 6.85. The van der Waals surface area contributed by atoms with Gasteiger partial charge in [-0.2, -0.15) is 0 Å². The summed E-state index contributed by atoms with van der Waals surface area (Å²) in [6.07, 6.45) is -1.90. The number of carboxylic acids is 1. The Bertz CT molecular complexity index is 1020. The molecule has 2 atom stereocenters. The van der Waals surface area contributed by atoms with Gasteiger partial charge in [-0.1, -0.05) is 35.9 Å². The first-order valence-corrected chi connectivity index (χ1v) is 9.08. The summed E-state index contributed by atoms with van der Waals surface area (Å²) in [6, 6.07) is 19.5. The summed E-state index contributed by atoms with van der Waals surface area (Å²) in [5.41, 5.74) is 1.60. The third-order valence-electron chi connectivity index (χ3n) is 4.45. The number of carboxylic acid groups (broad SMARTS) is 1. The second kappa shape index (κ2) is 7.44. The van der Waals surface area contributed by atoms with E-state index in [4.69, 9.17) is 25.8 Å². The molecule has 4 rings (SSSR count). The Labute approximate surface area is 167 Å². The van der Waals surface area contributed by atoms with Crippen LogP contribution in [0.25, 0.3) is 0 Å². The summed E-state index contributed by atoms with van der Waals surface area (Å²) in [4.78, 5) is 11.7. The topological polar surface area (TPSA) is 65.0 Å². The Balaban J connectivity index is 1.57. The van der Waals surface area contributed by atoms with E-state index in [1.54, 1.807) is 54.6 Å². The average molecular weight is 397 g/mol. The summed E-state index contributed by atoms with van der Waals surface area (Å²) < 4.78 is 17.4. The number of benzene rings is 3. The summed E-state index contributed by atoms with van der Waals surface area (Å²) in [6.45, 7) is 1.91. The van der Waals surface area contributed by atoms with Crippen LogP contribution in [-0.2, 0) is 4.79 Å². The maximum Gasteiger partial charge on any atom is 0.349 e. The molecule has 3 aromatic carbocycles. The molecule has 142 valence electrons. The van der Waals surface area contributed by atoms with Gasteiger partial charge >= 0.3 is 5.97 Å². The maximum atomic E-state index is 11.7. The summed E-state index contributed by atoms with van der Waals surface area (Å²) in [5.74, 6) is 1.14. The molecule has 28 heavy (non-hydrogen) atoms. The van der Waals surface area contributed by atoms with E-state index in [1.165, 1.54) is 0 Å². The van der Waals surface area contributed by atoms with Crippen molar-refractivity contribution in [3.8, 4) is 23.0 Å². The number of aryl methyl sites for hydroxylation is 1. The first-order valence-electron chi connectivity index (χ1n) is 8.70. The SMILES string of the molecule is Cc1cc(Oc2ccc(C3Oc4ccccc4OC3C(=O)O)cc2)ccc1Cl. The summed E-state index contributed by atoms with van der Waals surface area (Å²) in [5, 5.41) is 10.2. The van der Waals surface area contributed by atoms with E-state index in [9.17, 15) is 9.90 Å². The van der Waals surface area contributed by atoms with Crippen LogP contribution in [0.2, 0.25) is 5.02 Å². The molecule has 5 nitrogen and oxygen atoms in total. The standard InChI is InChI=1S/C22H17ClO5/c1-13-12-16(10-11-17(13)23)26-15-8-6-14(7-9-15)20-21(22(24)25)28-19-5-3-2-4-18(19)27-20/h2-12,20-21H,1H3,(H,24,25). The average Bonchev–Trinajstić information content (AvgIpc) is 2.70. The van der Waals surface area contributed by atoms with E-state index < -0.39 is 18.2 Å². The lowest BCUT2D eigenvalue weighted by atomic mass is 10.0. The molecular formula is C22H17ClO5. The Kier molecular flexibility index (Phi) is 4.84. The number of halogens is 1. The van der Waals surface area contributed by atoms with Crippen LogP contribution < -0.4 is 14.2 Å². The molecule has 1 N–H and O–H groups in total. The van der Waals surface area contributed by atoms with Crippen molar-refractivity contribution in [3.63, 3.8) is 0 Å². The molecule has 0 saturated carbocycles. The van der Waals surface area contributed by atoms with Crippen LogP contribution in [0.5, 0.6) is 23.0 Å². The van der Waals surface area contributed by atoms with Gasteiger partial charge in [-0.15, -0.1) is 0 Å². The Morgan fingerprint density at radius 3 is 2.25 bits per heavy atom. The predicted molar refractivity (Wildman–Crippen MR) is 105 cm³/mol. The van der Waals surface area contributed by atoms with Crippen molar-refractivity contribution >= 4 is 17.6 Å². The number of rotatable bonds is 4. The molecule has 3 aromatic rings. The highest BCUT2D eigenvalue weighted by atomic mass is 35.5. The van der Waals surface area contributed by atoms with E-state index in [0.29, 0.717) is 33.6 Å². The molecule has 0 aliphatic carbocycles. The van der Waals surface area contributed by atoms with Gasteiger partial charge in [0.25, 0.3) is 0 Å². The molecule has 0 bridgehead atoms. The molecule has 0 spiro atoms. The van der Waals surface area contributed by atoms with Crippen molar-refractivity contribution in [2.24, 2.45) is 0 Å². The van der Waals surface area contributed by atoms with E-state index >= 15 is 0 Å². The first-order chi connectivity index (χ1) is 13.5. The van der Waals surface area contributed by atoms with Gasteiger partial charge in [0, 0.05) is 5.02 Å². The Morgan fingerprint density at radius 2 is 1.61 bits per heavy atom. The van der Waals surface area contributed by atoms with Crippen LogP contribution in [0.4, 0.5) is 0 Å². The third-order valence-corrected chi connectivity index (χ3v) is 4.87. The smallest absolute Gasteiger partial charge is 0.349 e. The van der Waals surface area contributed by atoms with Gasteiger partial charge in [0.1, 0.15) is 11.5 Å². The molecule has 0 fully saturated rings. The molecule has 1 aliphatic rings. The molecule has 6 heteroatoms. The van der Waals surface area contributed by atoms with Crippen LogP contribution in [0.1, 0.15) is 17.2 Å². The van der Waals surface area contributed by atoms with Crippen molar-refractivity contribution in [2.75, 3.05) is 0 Å². The van der Waals surface area contributed by atoms with Crippen molar-refractivity contribution in [3.05, 3.63) is 82.9 Å². The van der Waals surface area contributed by atoms with Gasteiger partial charge in [0.05, 0.1) is 0 Å². The quantitative estimate of drug-likeness (QED) is 0.639. The van der Waals surface area contributed by atoms with Gasteiger partial charge in [-0.05, 0) is 60.5 Å². The molecule has 1 aliphatic heterocycles. The van der Waals surface area contributed by atoms with Crippen LogP contribution in [0, 0.1) is 6.92 Å². The highest BCUT2D eigenvalue weighted by molar-refractivity contribution is 6.31. The zero-order valence-corrected chi connectivity index (χ0v) is 15.7. The van der Waals surface area contributed by atoms with Crippen LogP contribution in [0.15, 0.2) is 66.7 Å². The molecular weight excluding hydrogens is 380 g/mol. The predicted octanol–water partition coefficient (Wildman–Crippen LogP) is 5.41. The molecule has 0 saturated heterocycles. The summed E-state index contributed by atoms with van der Waals surface area (Å²) in [7, 11) is 0. The fourth-order valence-electron chi connectivity index (χ4n) is 3.01. The number of carbonyl (C=O) groups is 1. The monoisotopic (exact) mass is 396 g/mol. The van der Waals surface area contributed by atoms with Crippen molar-refractivity contribution in [1.82, 2.24) is 0 Å². The van der Waals surface area contributed by atoms with Gasteiger partial charge in [-0.25, -0.2) is 4.79 Å². The fourth-order valence-corrected chi connectivity index (χ4v) is 3.12. The zero-order valence-electron chi connectivity index (χ0n) is 15.0. The number of aliphatic carboxylic acids is 1. The molecule has 0 aromatic heterocycles. The largest absolute Gasteiger partial charge is 0.478 e. The highest BCUT2D eigenvalue weighted by Crippen LogP contribution is 2.39. The molecule has 0 radical (unpaired) electrons. The van der Waals surface area contributed by atoms with Crippen molar-refractivity contribution in [2.45, 2.75) is 19.1 Å². The minimum Gasteiger partial charge on any atom is -0.478 e. The Morgan fingerprint density at radius 1 is 0.964 bits per heavy atom. The zero-order chi connectivity index (χ0) is 19.7. The highest BCUT2D eigenvalue weighted by Gasteiger charge is 2.38. The van der Waals surface area contributed by atoms with Crippen LogP contribution in [0.3, 0.4) is 0 Å². The van der Waals surface area contributed by atoms with E-state index in [0.717, 1.165) is 5.56 Å². The van der Waals surface area contributed by atoms with Crippen LogP contribution >= 0.6 is 11.6 Å². The van der Waals surface area contributed by atoms with Crippen LogP contribution in [-0.4, -0.2) is 17.2 Å². The van der Waals surface area contributed by atoms with Gasteiger partial charge in [0.15, 0.2) is 17.6 Å². The number of hydrogen-bond donors (Lipinski definition) is 1. The van der Waals surface area contributed by atoms with E-state index in [2.05, 4.69) is 0 Å². The van der Waals surface area contributed by atoms with E-state index in [1.807, 2.05) is 19.1 Å². The number of para-hydroxylation sites is 2. The number of ether oxygens (including phenoxy) is 3. The Hall–Kier alpha value is -3.18. The minimum atomic E-state index is -1.14. The third kappa shape index (κ3) is 3.62. The van der Waals surface area contributed by atoms with Crippen molar-refractivity contribution in [1.29, 1.82) is 0 Å². The molecule has 1 heterocycles. The normalized spacial score (nSPS) is 17.8. The molecule has 0 amide bonds. The van der Waals surface area contributed by atoms with Gasteiger partial charge < -0.3 is 19.3 Å². The first kappa shape index (κ1) is 18.2. The van der Waals surface area contributed by atoms with Gasteiger partial charge in [-0.3, -0.25) is 0 Å². The maximum absolute atomic E-state index is 11.7. The fraction of sp³-hybridized carbons (Fsp3) is 0.136.